The summed E-state index contributed by atoms with van der Waals surface area (Å²) in [7, 11) is 3.60. The van der Waals surface area contributed by atoms with Gasteiger partial charge in [-0.1, -0.05) is 13.8 Å². The van der Waals surface area contributed by atoms with E-state index in [1.807, 2.05) is 12.1 Å². The van der Waals surface area contributed by atoms with Crippen LogP contribution in [0, 0.1) is 5.92 Å². The van der Waals surface area contributed by atoms with Gasteiger partial charge in [0.2, 0.25) is 5.91 Å². The molecule has 0 saturated carbocycles. The van der Waals surface area contributed by atoms with Crippen LogP contribution < -0.4 is 5.32 Å². The van der Waals surface area contributed by atoms with Gasteiger partial charge in [0.15, 0.2) is 0 Å². The van der Waals surface area contributed by atoms with Crippen LogP contribution in [-0.2, 0) is 4.79 Å². The van der Waals surface area contributed by atoms with Gasteiger partial charge < -0.3 is 4.90 Å². The van der Waals surface area contributed by atoms with Crippen LogP contribution in [0.25, 0.3) is 0 Å². The number of nitrogens with zero attached hydrogens (tertiary/aromatic N) is 2. The summed E-state index contributed by atoms with van der Waals surface area (Å²) >= 11 is 0. The molecule has 19 heavy (non-hydrogen) atoms. The largest absolute Gasteiger partial charge is 0.347 e. The minimum atomic E-state index is -0.141. The number of carbonyl (C=O) groups excluding carboxylic acids is 1. The first-order valence-electron chi connectivity index (χ1n) is 6.79. The number of rotatable bonds is 6. The summed E-state index contributed by atoms with van der Waals surface area (Å²) in [6.45, 7) is 6.34. The van der Waals surface area contributed by atoms with Gasteiger partial charge in [-0.05, 0) is 37.0 Å². The van der Waals surface area contributed by atoms with Crippen LogP contribution in [-0.4, -0.2) is 35.9 Å². The Morgan fingerprint density at radius 1 is 1.26 bits per heavy atom. The maximum Gasteiger partial charge on any atom is 0.239 e. The molecule has 0 aliphatic carbocycles. The number of pyridine rings is 1. The lowest BCUT2D eigenvalue weighted by Crippen LogP contribution is -2.45. The summed E-state index contributed by atoms with van der Waals surface area (Å²) in [6.07, 6.45) is 4.39. The van der Waals surface area contributed by atoms with Crippen LogP contribution in [0.4, 0.5) is 0 Å². The molecule has 0 aromatic carbocycles. The Labute approximate surface area is 116 Å². The van der Waals surface area contributed by atoms with Gasteiger partial charge in [0.05, 0.1) is 6.04 Å². The predicted octanol–water partition coefficient (Wildman–Crippen LogP) is 2.24. The van der Waals surface area contributed by atoms with Crippen molar-refractivity contribution in [3.63, 3.8) is 0 Å². The fourth-order valence-electron chi connectivity index (χ4n) is 2.07. The Morgan fingerprint density at radius 3 is 2.32 bits per heavy atom. The smallest absolute Gasteiger partial charge is 0.239 e. The van der Waals surface area contributed by atoms with Crippen LogP contribution in [0.5, 0.6) is 0 Å². The van der Waals surface area contributed by atoms with Crippen molar-refractivity contribution in [1.29, 1.82) is 0 Å². The standard InChI is InChI=1S/C15H25N3O/c1-11(2)10-14(15(19)18(4)5)17-12(3)13-6-8-16-9-7-13/h6-9,11-12,14,17H,10H2,1-5H3. The summed E-state index contributed by atoms with van der Waals surface area (Å²) in [4.78, 5) is 17.9. The summed E-state index contributed by atoms with van der Waals surface area (Å²) in [5, 5.41) is 3.43. The zero-order valence-corrected chi connectivity index (χ0v) is 12.6. The Hall–Kier alpha value is -1.42. The second-order valence-corrected chi connectivity index (χ2v) is 5.58. The van der Waals surface area contributed by atoms with E-state index in [0.29, 0.717) is 5.92 Å². The van der Waals surface area contributed by atoms with Crippen molar-refractivity contribution in [2.75, 3.05) is 14.1 Å². The maximum atomic E-state index is 12.2. The highest BCUT2D eigenvalue weighted by Gasteiger charge is 2.23. The molecule has 2 atom stereocenters. The summed E-state index contributed by atoms with van der Waals surface area (Å²) in [6, 6.07) is 3.95. The molecule has 1 aromatic heterocycles. The van der Waals surface area contributed by atoms with Crippen molar-refractivity contribution < 1.29 is 4.79 Å². The lowest BCUT2D eigenvalue weighted by atomic mass is 10.0. The average molecular weight is 263 g/mol. The van der Waals surface area contributed by atoms with E-state index in [4.69, 9.17) is 0 Å². The molecule has 2 unspecified atom stereocenters. The monoisotopic (exact) mass is 263 g/mol. The van der Waals surface area contributed by atoms with Crippen LogP contribution >= 0.6 is 0 Å². The Kier molecular flexibility index (Phi) is 5.96. The van der Waals surface area contributed by atoms with Crippen LogP contribution in [0.15, 0.2) is 24.5 Å². The van der Waals surface area contributed by atoms with Crippen molar-refractivity contribution in [3.05, 3.63) is 30.1 Å². The molecule has 106 valence electrons. The highest BCUT2D eigenvalue weighted by Crippen LogP contribution is 2.15. The molecule has 1 aromatic rings. The Balaban J connectivity index is 2.74. The first kappa shape index (κ1) is 15.6. The van der Waals surface area contributed by atoms with E-state index < -0.39 is 0 Å². The van der Waals surface area contributed by atoms with Crippen LogP contribution in [0.1, 0.15) is 38.8 Å². The van der Waals surface area contributed by atoms with Crippen molar-refractivity contribution in [3.8, 4) is 0 Å². The molecule has 0 radical (unpaired) electrons. The molecule has 0 aliphatic heterocycles. The van der Waals surface area contributed by atoms with Crippen molar-refractivity contribution in [2.24, 2.45) is 5.92 Å². The van der Waals surface area contributed by atoms with E-state index >= 15 is 0 Å². The number of carbonyl (C=O) groups is 1. The summed E-state index contributed by atoms with van der Waals surface area (Å²) < 4.78 is 0. The predicted molar refractivity (Wildman–Crippen MR) is 77.7 cm³/mol. The molecular weight excluding hydrogens is 238 g/mol. The van der Waals surface area contributed by atoms with Crippen LogP contribution in [0.2, 0.25) is 0 Å². The van der Waals surface area contributed by atoms with E-state index in [2.05, 4.69) is 31.1 Å². The quantitative estimate of drug-likeness (QED) is 0.856. The number of hydrogen-bond donors (Lipinski definition) is 1. The summed E-state index contributed by atoms with van der Waals surface area (Å²) in [5.74, 6) is 0.612. The molecule has 1 N–H and O–H groups in total. The van der Waals surface area contributed by atoms with Gasteiger partial charge in [-0.15, -0.1) is 0 Å². The molecule has 0 fully saturated rings. The average Bonchev–Trinajstić information content (AvgIpc) is 2.37. The van der Waals surface area contributed by atoms with E-state index in [1.165, 1.54) is 0 Å². The van der Waals surface area contributed by atoms with Gasteiger partial charge in [0.1, 0.15) is 0 Å². The van der Waals surface area contributed by atoms with Gasteiger partial charge in [-0.25, -0.2) is 0 Å². The molecule has 1 heterocycles. The fourth-order valence-corrected chi connectivity index (χ4v) is 2.07. The lowest BCUT2D eigenvalue weighted by Gasteiger charge is -2.26. The Morgan fingerprint density at radius 2 is 1.84 bits per heavy atom. The number of likely N-dealkylation sites (N-methyl/N-ethyl adjacent to an activating group) is 1. The highest BCUT2D eigenvalue weighted by atomic mass is 16.2. The molecule has 0 aliphatic rings. The summed E-state index contributed by atoms with van der Waals surface area (Å²) in [5.41, 5.74) is 1.15. The van der Waals surface area contributed by atoms with E-state index in [1.54, 1.807) is 31.4 Å². The van der Waals surface area contributed by atoms with Gasteiger partial charge in [-0.3, -0.25) is 15.1 Å². The molecule has 1 rings (SSSR count). The number of aromatic nitrogens is 1. The van der Waals surface area contributed by atoms with Crippen LogP contribution in [0.3, 0.4) is 0 Å². The van der Waals surface area contributed by atoms with E-state index in [-0.39, 0.29) is 18.0 Å². The number of amides is 1. The molecule has 4 heteroatoms. The zero-order chi connectivity index (χ0) is 14.4. The number of nitrogens with one attached hydrogen (secondary N) is 1. The normalized spacial score (nSPS) is 14.2. The first-order valence-corrected chi connectivity index (χ1v) is 6.79. The highest BCUT2D eigenvalue weighted by molar-refractivity contribution is 5.81. The minimum Gasteiger partial charge on any atom is -0.347 e. The zero-order valence-electron chi connectivity index (χ0n) is 12.6. The Bertz CT molecular complexity index is 390. The van der Waals surface area contributed by atoms with Gasteiger partial charge >= 0.3 is 0 Å². The third-order valence-electron chi connectivity index (χ3n) is 3.10. The molecular formula is C15H25N3O. The van der Waals surface area contributed by atoms with Crippen molar-refractivity contribution in [1.82, 2.24) is 15.2 Å². The van der Waals surface area contributed by atoms with Gasteiger partial charge in [0.25, 0.3) is 0 Å². The maximum absolute atomic E-state index is 12.2. The first-order chi connectivity index (χ1) is 8.91. The second kappa shape index (κ2) is 7.24. The number of hydrogen-bond acceptors (Lipinski definition) is 3. The molecule has 0 saturated heterocycles. The lowest BCUT2D eigenvalue weighted by molar-refractivity contribution is -0.131. The second-order valence-electron chi connectivity index (χ2n) is 5.58. The molecule has 0 bridgehead atoms. The van der Waals surface area contributed by atoms with Gasteiger partial charge in [0, 0.05) is 32.5 Å². The van der Waals surface area contributed by atoms with E-state index in [0.717, 1.165) is 12.0 Å². The van der Waals surface area contributed by atoms with Crippen molar-refractivity contribution >= 4 is 5.91 Å². The van der Waals surface area contributed by atoms with Gasteiger partial charge in [-0.2, -0.15) is 0 Å². The molecule has 4 nitrogen and oxygen atoms in total. The van der Waals surface area contributed by atoms with Crippen molar-refractivity contribution in [2.45, 2.75) is 39.3 Å². The van der Waals surface area contributed by atoms with E-state index in [9.17, 15) is 4.79 Å². The SMILES string of the molecule is CC(C)CC(NC(C)c1ccncc1)C(=O)N(C)C. The topological polar surface area (TPSA) is 45.2 Å². The fraction of sp³-hybridized carbons (Fsp3) is 0.600. The minimum absolute atomic E-state index is 0.134. The third-order valence-corrected chi connectivity index (χ3v) is 3.10. The third kappa shape index (κ3) is 4.99. The molecule has 0 spiro atoms. The molecule has 1 amide bonds.